The second-order valence-corrected chi connectivity index (χ2v) is 4.19. The van der Waals surface area contributed by atoms with Crippen LogP contribution < -0.4 is 4.74 Å². The van der Waals surface area contributed by atoms with Crippen molar-refractivity contribution in [2.45, 2.75) is 18.9 Å². The number of pyridine rings is 1. The summed E-state index contributed by atoms with van der Waals surface area (Å²) in [7, 11) is 1.63. The molecular formula is C15H17NO2. The fraction of sp³-hybridized carbons (Fsp3) is 0.267. The van der Waals surface area contributed by atoms with Crippen LogP contribution in [-0.4, -0.2) is 17.2 Å². The van der Waals surface area contributed by atoms with E-state index in [9.17, 15) is 5.11 Å². The second kappa shape index (κ2) is 6.17. The highest BCUT2D eigenvalue weighted by Gasteiger charge is 2.08. The predicted molar refractivity (Wildman–Crippen MR) is 70.5 cm³/mol. The summed E-state index contributed by atoms with van der Waals surface area (Å²) in [4.78, 5) is 3.97. The summed E-state index contributed by atoms with van der Waals surface area (Å²) in [6.45, 7) is 0. The predicted octanol–water partition coefficient (Wildman–Crippen LogP) is 2.76. The Labute approximate surface area is 107 Å². The van der Waals surface area contributed by atoms with Crippen molar-refractivity contribution in [1.82, 2.24) is 4.98 Å². The van der Waals surface area contributed by atoms with E-state index in [2.05, 4.69) is 4.98 Å². The van der Waals surface area contributed by atoms with Crippen LogP contribution in [0.25, 0.3) is 0 Å². The van der Waals surface area contributed by atoms with Gasteiger partial charge in [-0.3, -0.25) is 4.98 Å². The highest BCUT2D eigenvalue weighted by atomic mass is 16.5. The molecule has 18 heavy (non-hydrogen) atoms. The van der Waals surface area contributed by atoms with Crippen molar-refractivity contribution in [2.75, 3.05) is 7.11 Å². The third-order valence-electron chi connectivity index (χ3n) is 2.93. The highest BCUT2D eigenvalue weighted by molar-refractivity contribution is 5.29. The molecule has 1 atom stereocenters. The Morgan fingerprint density at radius 1 is 1.22 bits per heavy atom. The third-order valence-corrected chi connectivity index (χ3v) is 2.93. The Hall–Kier alpha value is -1.87. The Morgan fingerprint density at radius 2 is 2.00 bits per heavy atom. The first-order valence-corrected chi connectivity index (χ1v) is 6.00. The fourth-order valence-electron chi connectivity index (χ4n) is 1.87. The number of ether oxygens (including phenoxy) is 1. The van der Waals surface area contributed by atoms with Crippen LogP contribution in [0.1, 0.15) is 23.7 Å². The average Bonchev–Trinajstić information content (AvgIpc) is 2.46. The van der Waals surface area contributed by atoms with Gasteiger partial charge in [0.05, 0.1) is 13.2 Å². The molecule has 0 amide bonds. The number of hydrogen-bond acceptors (Lipinski definition) is 3. The molecule has 94 valence electrons. The number of aromatic nitrogens is 1. The molecule has 2 rings (SSSR count). The van der Waals surface area contributed by atoms with Crippen molar-refractivity contribution in [2.24, 2.45) is 0 Å². The second-order valence-electron chi connectivity index (χ2n) is 4.19. The Kier molecular flexibility index (Phi) is 4.31. The molecule has 2 aromatic rings. The van der Waals surface area contributed by atoms with Gasteiger partial charge in [-0.2, -0.15) is 0 Å². The van der Waals surface area contributed by atoms with Gasteiger partial charge in [-0.15, -0.1) is 0 Å². The molecule has 1 unspecified atom stereocenters. The number of nitrogens with zero attached hydrogens (tertiary/aromatic N) is 1. The number of rotatable bonds is 5. The zero-order valence-electron chi connectivity index (χ0n) is 10.4. The number of benzene rings is 1. The van der Waals surface area contributed by atoms with E-state index >= 15 is 0 Å². The summed E-state index contributed by atoms with van der Waals surface area (Å²) in [5.41, 5.74) is 2.08. The fourth-order valence-corrected chi connectivity index (χ4v) is 1.87. The monoisotopic (exact) mass is 243 g/mol. The lowest BCUT2D eigenvalue weighted by atomic mass is 10.0. The third kappa shape index (κ3) is 3.31. The van der Waals surface area contributed by atoms with E-state index in [4.69, 9.17) is 4.74 Å². The van der Waals surface area contributed by atoms with Gasteiger partial charge in [0, 0.05) is 12.4 Å². The van der Waals surface area contributed by atoms with Crippen molar-refractivity contribution in [1.29, 1.82) is 0 Å². The molecule has 1 N–H and O–H groups in total. The van der Waals surface area contributed by atoms with Crippen LogP contribution in [-0.2, 0) is 6.42 Å². The molecule has 0 aliphatic carbocycles. The lowest BCUT2D eigenvalue weighted by Crippen LogP contribution is -2.00. The van der Waals surface area contributed by atoms with Gasteiger partial charge in [-0.1, -0.05) is 12.1 Å². The first-order valence-electron chi connectivity index (χ1n) is 6.00. The van der Waals surface area contributed by atoms with E-state index in [0.29, 0.717) is 6.42 Å². The van der Waals surface area contributed by atoms with Crippen molar-refractivity contribution in [3.63, 3.8) is 0 Å². The Balaban J connectivity index is 1.97. The summed E-state index contributed by atoms with van der Waals surface area (Å²) in [6, 6.07) is 11.5. The Morgan fingerprint density at radius 3 is 2.72 bits per heavy atom. The Bertz CT molecular complexity index is 485. The maximum atomic E-state index is 10.1. The molecule has 0 aliphatic rings. The molecular weight excluding hydrogens is 226 g/mol. The zero-order valence-corrected chi connectivity index (χ0v) is 10.4. The zero-order chi connectivity index (χ0) is 12.8. The molecule has 3 heteroatoms. The van der Waals surface area contributed by atoms with Gasteiger partial charge in [-0.05, 0) is 48.2 Å². The summed E-state index contributed by atoms with van der Waals surface area (Å²) in [5, 5.41) is 10.1. The first-order chi connectivity index (χ1) is 8.79. The number of hydrogen-bond donors (Lipinski definition) is 1. The first kappa shape index (κ1) is 12.6. The normalized spacial score (nSPS) is 12.1. The van der Waals surface area contributed by atoms with Crippen LogP contribution in [0.5, 0.6) is 5.75 Å². The van der Waals surface area contributed by atoms with Crippen LogP contribution in [0.15, 0.2) is 48.8 Å². The van der Waals surface area contributed by atoms with E-state index in [1.54, 1.807) is 19.5 Å². The maximum Gasteiger partial charge on any atom is 0.119 e. The lowest BCUT2D eigenvalue weighted by molar-refractivity contribution is 0.167. The minimum Gasteiger partial charge on any atom is -0.497 e. The molecule has 0 bridgehead atoms. The van der Waals surface area contributed by atoms with Gasteiger partial charge in [0.25, 0.3) is 0 Å². The molecule has 1 aromatic heterocycles. The number of methoxy groups -OCH3 is 1. The van der Waals surface area contributed by atoms with E-state index in [1.165, 1.54) is 5.56 Å². The standard InChI is InChI=1S/C15H17NO2/c1-18-14-4-2-3-13(11-14)15(17)6-5-12-7-9-16-10-8-12/h2-4,7-11,15,17H,5-6H2,1H3. The SMILES string of the molecule is COc1cccc(C(O)CCc2ccncc2)c1. The van der Waals surface area contributed by atoms with E-state index < -0.39 is 6.10 Å². The van der Waals surface area contributed by atoms with Crippen molar-refractivity contribution in [3.8, 4) is 5.75 Å². The molecule has 0 spiro atoms. The molecule has 0 fully saturated rings. The van der Waals surface area contributed by atoms with Gasteiger partial charge in [0.15, 0.2) is 0 Å². The van der Waals surface area contributed by atoms with Crippen LogP contribution in [0.3, 0.4) is 0 Å². The molecule has 0 saturated heterocycles. The molecule has 0 saturated carbocycles. The van der Waals surface area contributed by atoms with Gasteiger partial charge >= 0.3 is 0 Å². The topological polar surface area (TPSA) is 42.4 Å². The van der Waals surface area contributed by atoms with Crippen molar-refractivity contribution >= 4 is 0 Å². The van der Waals surface area contributed by atoms with Crippen LogP contribution >= 0.6 is 0 Å². The van der Waals surface area contributed by atoms with Crippen molar-refractivity contribution < 1.29 is 9.84 Å². The molecule has 3 nitrogen and oxygen atoms in total. The number of aliphatic hydroxyl groups excluding tert-OH is 1. The van der Waals surface area contributed by atoms with Gasteiger partial charge < -0.3 is 9.84 Å². The number of aliphatic hydroxyl groups is 1. The van der Waals surface area contributed by atoms with Crippen molar-refractivity contribution in [3.05, 3.63) is 59.9 Å². The summed E-state index contributed by atoms with van der Waals surface area (Å²) in [6.07, 6.45) is 4.60. The maximum absolute atomic E-state index is 10.1. The van der Waals surface area contributed by atoms with Gasteiger partial charge in [-0.25, -0.2) is 0 Å². The van der Waals surface area contributed by atoms with E-state index in [-0.39, 0.29) is 0 Å². The summed E-state index contributed by atoms with van der Waals surface area (Å²) >= 11 is 0. The minimum atomic E-state index is -0.465. The van der Waals surface area contributed by atoms with Crippen LogP contribution in [0.4, 0.5) is 0 Å². The van der Waals surface area contributed by atoms with Crippen LogP contribution in [0, 0.1) is 0 Å². The molecule has 0 aliphatic heterocycles. The summed E-state index contributed by atoms with van der Waals surface area (Å²) < 4.78 is 5.15. The van der Waals surface area contributed by atoms with Gasteiger partial charge in [0.2, 0.25) is 0 Å². The largest absolute Gasteiger partial charge is 0.497 e. The molecule has 1 aromatic carbocycles. The van der Waals surface area contributed by atoms with Gasteiger partial charge in [0.1, 0.15) is 5.75 Å². The minimum absolute atomic E-state index is 0.465. The average molecular weight is 243 g/mol. The van der Waals surface area contributed by atoms with Crippen LogP contribution in [0.2, 0.25) is 0 Å². The highest BCUT2D eigenvalue weighted by Crippen LogP contribution is 2.22. The smallest absolute Gasteiger partial charge is 0.119 e. The molecule has 0 radical (unpaired) electrons. The quantitative estimate of drug-likeness (QED) is 0.878. The number of aryl methyl sites for hydroxylation is 1. The van der Waals surface area contributed by atoms with E-state index in [0.717, 1.165) is 17.7 Å². The molecule has 1 heterocycles. The lowest BCUT2D eigenvalue weighted by Gasteiger charge is -2.12. The summed E-state index contributed by atoms with van der Waals surface area (Å²) in [5.74, 6) is 0.774. The van der Waals surface area contributed by atoms with E-state index in [1.807, 2.05) is 36.4 Å².